The minimum atomic E-state index is -2.53. The number of hydrogen-bond acceptors (Lipinski definition) is 4. The van der Waals surface area contributed by atoms with Crippen molar-refractivity contribution in [1.82, 2.24) is 14.5 Å². The molecule has 0 bridgehead atoms. The summed E-state index contributed by atoms with van der Waals surface area (Å²) in [7, 11) is 1.96. The highest BCUT2D eigenvalue weighted by atomic mass is 19.3. The predicted octanol–water partition coefficient (Wildman–Crippen LogP) is 6.18. The molecule has 1 aliphatic heterocycles. The monoisotopic (exact) mass is 527 g/mol. The maximum absolute atomic E-state index is 15.7. The lowest BCUT2D eigenvalue weighted by Crippen LogP contribution is -2.36. The van der Waals surface area contributed by atoms with E-state index in [2.05, 4.69) is 9.88 Å². The van der Waals surface area contributed by atoms with Crippen LogP contribution in [0.3, 0.4) is 0 Å². The van der Waals surface area contributed by atoms with Crippen LogP contribution in [-0.4, -0.2) is 58.6 Å². The molecule has 3 heterocycles. The number of carbonyl (C=O) groups excluding carboxylic acids is 1. The standard InChI is InChI=1S/C30H36F3N3O2/c1-35-18-23-3-2-4-24(25(23)19-35)27(37)17-21-7-11-30(33,12-8-21)13-16-36-14-9-22-5-6-29(38-20-28(31)32)34-26(22)10-15-36/h2-6,18-19,21,28H,7-17,20H2,1H3. The van der Waals surface area contributed by atoms with Crippen molar-refractivity contribution in [2.75, 3.05) is 26.2 Å². The van der Waals surface area contributed by atoms with E-state index in [-0.39, 0.29) is 17.6 Å². The number of halogens is 3. The van der Waals surface area contributed by atoms with Gasteiger partial charge in [-0.1, -0.05) is 24.3 Å². The van der Waals surface area contributed by atoms with Crippen molar-refractivity contribution in [1.29, 1.82) is 0 Å². The Bertz CT molecular complexity index is 1270. The third-order valence-corrected chi connectivity index (χ3v) is 8.23. The van der Waals surface area contributed by atoms with Crippen LogP contribution in [0.4, 0.5) is 13.2 Å². The van der Waals surface area contributed by atoms with E-state index in [0.29, 0.717) is 38.6 Å². The van der Waals surface area contributed by atoms with Crippen LogP contribution in [0, 0.1) is 5.92 Å². The molecule has 0 N–H and O–H groups in total. The lowest BCUT2D eigenvalue weighted by atomic mass is 9.76. The lowest BCUT2D eigenvalue weighted by Gasteiger charge is -2.35. The number of rotatable bonds is 9. The molecule has 1 saturated carbocycles. The molecule has 0 radical (unpaired) electrons. The SMILES string of the molecule is Cn1cc2cccc(C(=O)CC3CCC(F)(CCN4CCc5ccc(OCC(F)F)nc5CC4)CC3)c2c1. The van der Waals surface area contributed by atoms with Gasteiger partial charge >= 0.3 is 0 Å². The average molecular weight is 528 g/mol. The quantitative estimate of drug-likeness (QED) is 0.312. The van der Waals surface area contributed by atoms with E-state index in [0.717, 1.165) is 59.9 Å². The molecule has 8 heteroatoms. The van der Waals surface area contributed by atoms with Crippen LogP contribution in [0.2, 0.25) is 0 Å². The normalized spacial score (nSPS) is 22.4. The molecule has 1 aliphatic carbocycles. The number of aryl methyl sites for hydroxylation is 1. The van der Waals surface area contributed by atoms with Crippen molar-refractivity contribution in [2.24, 2.45) is 13.0 Å². The largest absolute Gasteiger partial charge is 0.472 e. The summed E-state index contributed by atoms with van der Waals surface area (Å²) in [6.07, 6.45) is 6.43. The van der Waals surface area contributed by atoms with Crippen LogP contribution in [-0.2, 0) is 19.9 Å². The summed E-state index contributed by atoms with van der Waals surface area (Å²) in [6.45, 7) is 1.61. The van der Waals surface area contributed by atoms with Crippen LogP contribution >= 0.6 is 0 Å². The molecule has 3 aromatic rings. The Labute approximate surface area is 222 Å². The third-order valence-electron chi connectivity index (χ3n) is 8.23. The molecule has 2 aromatic heterocycles. The number of ketones is 1. The predicted molar refractivity (Wildman–Crippen MR) is 142 cm³/mol. The van der Waals surface area contributed by atoms with Crippen LogP contribution in [0.25, 0.3) is 10.8 Å². The average Bonchev–Trinajstić information content (AvgIpc) is 3.16. The molecule has 0 saturated heterocycles. The zero-order valence-electron chi connectivity index (χ0n) is 22.0. The Morgan fingerprint density at radius 3 is 2.71 bits per heavy atom. The van der Waals surface area contributed by atoms with E-state index in [1.807, 2.05) is 48.3 Å². The van der Waals surface area contributed by atoms with Gasteiger partial charge in [-0.25, -0.2) is 18.2 Å². The number of aromatic nitrogens is 2. The second-order valence-electron chi connectivity index (χ2n) is 11.0. The first-order chi connectivity index (χ1) is 18.3. The van der Waals surface area contributed by atoms with Crippen molar-refractivity contribution >= 4 is 16.6 Å². The Morgan fingerprint density at radius 2 is 1.92 bits per heavy atom. The van der Waals surface area contributed by atoms with E-state index in [1.165, 1.54) is 0 Å². The fourth-order valence-electron chi connectivity index (χ4n) is 5.98. The van der Waals surface area contributed by atoms with Gasteiger partial charge in [-0.15, -0.1) is 0 Å². The number of fused-ring (bicyclic) bond motifs is 2. The Morgan fingerprint density at radius 1 is 1.13 bits per heavy atom. The molecule has 0 spiro atoms. The summed E-state index contributed by atoms with van der Waals surface area (Å²) < 4.78 is 47.7. The third kappa shape index (κ3) is 6.40. The highest BCUT2D eigenvalue weighted by Gasteiger charge is 2.36. The number of alkyl halides is 3. The van der Waals surface area contributed by atoms with Gasteiger partial charge in [-0.2, -0.15) is 0 Å². The summed E-state index contributed by atoms with van der Waals surface area (Å²) in [5.74, 6) is 0.611. The summed E-state index contributed by atoms with van der Waals surface area (Å²) in [5.41, 5.74) is 1.56. The summed E-state index contributed by atoms with van der Waals surface area (Å²) in [6, 6.07) is 9.41. The summed E-state index contributed by atoms with van der Waals surface area (Å²) in [4.78, 5) is 19.8. The maximum atomic E-state index is 15.7. The minimum Gasteiger partial charge on any atom is -0.472 e. The van der Waals surface area contributed by atoms with Crippen molar-refractivity contribution in [3.8, 4) is 5.88 Å². The molecule has 1 aromatic carbocycles. The molecular weight excluding hydrogens is 491 g/mol. The van der Waals surface area contributed by atoms with Crippen molar-refractivity contribution in [3.63, 3.8) is 0 Å². The first-order valence-corrected chi connectivity index (χ1v) is 13.7. The number of Topliss-reactive ketones (excluding diaryl/α,β-unsaturated/α-hetero) is 1. The molecule has 5 nitrogen and oxygen atoms in total. The number of nitrogens with zero attached hydrogens (tertiary/aromatic N) is 3. The Kier molecular flexibility index (Phi) is 8.07. The van der Waals surface area contributed by atoms with Gasteiger partial charge in [0, 0.05) is 80.0 Å². The fraction of sp³-hybridized carbons (Fsp3) is 0.533. The van der Waals surface area contributed by atoms with Gasteiger partial charge in [-0.3, -0.25) is 4.79 Å². The van der Waals surface area contributed by atoms with E-state index in [1.54, 1.807) is 6.07 Å². The van der Waals surface area contributed by atoms with Crippen LogP contribution < -0.4 is 4.74 Å². The number of carbonyl (C=O) groups is 1. The highest BCUT2D eigenvalue weighted by Crippen LogP contribution is 2.39. The molecule has 2 aliphatic rings. The van der Waals surface area contributed by atoms with Gasteiger partial charge in [0.05, 0.1) is 0 Å². The molecule has 38 heavy (non-hydrogen) atoms. The highest BCUT2D eigenvalue weighted by molar-refractivity contribution is 6.08. The van der Waals surface area contributed by atoms with Gasteiger partial charge in [-0.05, 0) is 50.0 Å². The van der Waals surface area contributed by atoms with Crippen LogP contribution in [0.5, 0.6) is 5.88 Å². The van der Waals surface area contributed by atoms with E-state index < -0.39 is 18.7 Å². The molecule has 0 amide bonds. The van der Waals surface area contributed by atoms with E-state index in [4.69, 9.17) is 4.74 Å². The zero-order chi connectivity index (χ0) is 26.7. The van der Waals surface area contributed by atoms with Crippen molar-refractivity contribution in [2.45, 2.75) is 63.5 Å². The van der Waals surface area contributed by atoms with Crippen molar-refractivity contribution < 1.29 is 22.7 Å². The van der Waals surface area contributed by atoms with Gasteiger partial charge in [0.2, 0.25) is 5.88 Å². The molecule has 0 atom stereocenters. The number of benzene rings is 1. The van der Waals surface area contributed by atoms with Crippen LogP contribution in [0.1, 0.15) is 60.1 Å². The fourth-order valence-corrected chi connectivity index (χ4v) is 5.98. The summed E-state index contributed by atoms with van der Waals surface area (Å²) in [5, 5.41) is 2.06. The topological polar surface area (TPSA) is 47.4 Å². The van der Waals surface area contributed by atoms with Gasteiger partial charge in [0.15, 0.2) is 12.4 Å². The smallest absolute Gasteiger partial charge is 0.272 e. The lowest BCUT2D eigenvalue weighted by molar-refractivity contribution is 0.0573. The molecular formula is C30H36F3N3O2. The first kappa shape index (κ1) is 26.7. The Hall–Kier alpha value is -2.87. The molecule has 204 valence electrons. The first-order valence-electron chi connectivity index (χ1n) is 13.7. The maximum Gasteiger partial charge on any atom is 0.272 e. The molecule has 5 rings (SSSR count). The second kappa shape index (κ2) is 11.5. The van der Waals surface area contributed by atoms with Gasteiger partial charge in [0.1, 0.15) is 5.67 Å². The van der Waals surface area contributed by atoms with E-state index in [9.17, 15) is 13.6 Å². The number of hydrogen-bond donors (Lipinski definition) is 0. The molecule has 1 fully saturated rings. The van der Waals surface area contributed by atoms with Gasteiger partial charge < -0.3 is 14.2 Å². The van der Waals surface area contributed by atoms with Gasteiger partial charge in [0.25, 0.3) is 6.43 Å². The zero-order valence-corrected chi connectivity index (χ0v) is 22.0. The summed E-state index contributed by atoms with van der Waals surface area (Å²) >= 11 is 0. The number of pyridine rings is 1. The minimum absolute atomic E-state index is 0.152. The van der Waals surface area contributed by atoms with Crippen molar-refractivity contribution in [3.05, 3.63) is 59.5 Å². The number of ether oxygens (including phenoxy) is 1. The van der Waals surface area contributed by atoms with Crippen LogP contribution in [0.15, 0.2) is 42.7 Å². The Balaban J connectivity index is 1.09. The van der Waals surface area contributed by atoms with E-state index >= 15 is 4.39 Å². The molecule has 0 unspecified atom stereocenters. The second-order valence-corrected chi connectivity index (χ2v) is 11.0.